The molecule has 0 heterocycles. The van der Waals surface area contributed by atoms with E-state index < -0.39 is 17.2 Å². The minimum Gasteiger partial charge on any atom is -0.347 e. The second-order valence-electron chi connectivity index (χ2n) is 4.91. The number of nitrogens with one attached hydrogen (secondary N) is 1. The summed E-state index contributed by atoms with van der Waals surface area (Å²) in [5.41, 5.74) is -0.162. The van der Waals surface area contributed by atoms with Gasteiger partial charge in [0.25, 0.3) is 0 Å². The summed E-state index contributed by atoms with van der Waals surface area (Å²) in [5, 5.41) is 2.83. The standard InChI is InChI=1S/C14H19F2NO/c1-4-5-6-13(18)17-14(2,3)10-7-8-11(15)12(16)9-10/h7-9H,4-6H2,1-3H3,(H,17,18). The van der Waals surface area contributed by atoms with Gasteiger partial charge in [-0.15, -0.1) is 0 Å². The molecule has 0 spiro atoms. The van der Waals surface area contributed by atoms with Gasteiger partial charge in [0.15, 0.2) is 11.6 Å². The fourth-order valence-corrected chi connectivity index (χ4v) is 1.71. The Morgan fingerprint density at radius 1 is 1.28 bits per heavy atom. The monoisotopic (exact) mass is 255 g/mol. The molecule has 1 N–H and O–H groups in total. The zero-order valence-electron chi connectivity index (χ0n) is 11.0. The van der Waals surface area contributed by atoms with Gasteiger partial charge in [-0.3, -0.25) is 4.79 Å². The van der Waals surface area contributed by atoms with Gasteiger partial charge in [0.05, 0.1) is 5.54 Å². The topological polar surface area (TPSA) is 29.1 Å². The Morgan fingerprint density at radius 2 is 1.94 bits per heavy atom. The predicted molar refractivity (Wildman–Crippen MR) is 67.1 cm³/mol. The Morgan fingerprint density at radius 3 is 2.50 bits per heavy atom. The maximum absolute atomic E-state index is 13.2. The Bertz CT molecular complexity index is 430. The smallest absolute Gasteiger partial charge is 0.220 e. The average Bonchev–Trinajstić information content (AvgIpc) is 2.29. The molecule has 18 heavy (non-hydrogen) atoms. The molecule has 0 atom stereocenters. The van der Waals surface area contributed by atoms with Crippen molar-refractivity contribution in [3.63, 3.8) is 0 Å². The summed E-state index contributed by atoms with van der Waals surface area (Å²) in [6, 6.07) is 3.68. The maximum atomic E-state index is 13.2. The van der Waals surface area contributed by atoms with Crippen molar-refractivity contribution >= 4 is 5.91 Å². The third-order valence-electron chi connectivity index (χ3n) is 2.85. The van der Waals surface area contributed by atoms with Crippen LogP contribution in [0.15, 0.2) is 18.2 Å². The first kappa shape index (κ1) is 14.6. The maximum Gasteiger partial charge on any atom is 0.220 e. The van der Waals surface area contributed by atoms with Gasteiger partial charge in [-0.05, 0) is 38.0 Å². The molecule has 1 rings (SSSR count). The summed E-state index contributed by atoms with van der Waals surface area (Å²) in [6.45, 7) is 5.54. The van der Waals surface area contributed by atoms with Gasteiger partial charge in [0.2, 0.25) is 5.91 Å². The van der Waals surface area contributed by atoms with Crippen LogP contribution in [0, 0.1) is 11.6 Å². The van der Waals surface area contributed by atoms with Crippen LogP contribution in [-0.2, 0) is 10.3 Å². The summed E-state index contributed by atoms with van der Waals surface area (Å²) in [6.07, 6.45) is 2.21. The molecule has 0 radical (unpaired) electrons. The molecule has 1 amide bonds. The number of amides is 1. The highest BCUT2D eigenvalue weighted by Crippen LogP contribution is 2.22. The van der Waals surface area contributed by atoms with Crippen LogP contribution in [0.25, 0.3) is 0 Å². The van der Waals surface area contributed by atoms with Crippen LogP contribution >= 0.6 is 0 Å². The number of carbonyl (C=O) groups excluding carboxylic acids is 1. The SMILES string of the molecule is CCCCC(=O)NC(C)(C)c1ccc(F)c(F)c1. The van der Waals surface area contributed by atoms with Crippen LogP contribution in [0.1, 0.15) is 45.6 Å². The molecule has 100 valence electrons. The fourth-order valence-electron chi connectivity index (χ4n) is 1.71. The molecule has 0 saturated heterocycles. The van der Waals surface area contributed by atoms with E-state index in [1.165, 1.54) is 6.07 Å². The largest absolute Gasteiger partial charge is 0.347 e. The molecule has 0 bridgehead atoms. The highest BCUT2D eigenvalue weighted by molar-refractivity contribution is 5.76. The van der Waals surface area contributed by atoms with Gasteiger partial charge >= 0.3 is 0 Å². The second-order valence-corrected chi connectivity index (χ2v) is 4.91. The van der Waals surface area contributed by atoms with Crippen molar-refractivity contribution in [3.8, 4) is 0 Å². The van der Waals surface area contributed by atoms with Crippen molar-refractivity contribution in [1.29, 1.82) is 0 Å². The molecule has 0 aliphatic rings. The van der Waals surface area contributed by atoms with E-state index >= 15 is 0 Å². The molecule has 0 saturated carbocycles. The Balaban J connectivity index is 2.78. The molecule has 0 fully saturated rings. The summed E-state index contributed by atoms with van der Waals surface area (Å²) < 4.78 is 26.0. The predicted octanol–water partition coefficient (Wildman–Crippen LogP) is 3.51. The van der Waals surface area contributed by atoms with Crippen LogP contribution in [0.2, 0.25) is 0 Å². The van der Waals surface area contributed by atoms with E-state index in [0.29, 0.717) is 12.0 Å². The number of rotatable bonds is 5. The third kappa shape index (κ3) is 3.79. The summed E-state index contributed by atoms with van der Waals surface area (Å²) >= 11 is 0. The lowest BCUT2D eigenvalue weighted by Gasteiger charge is -2.27. The zero-order chi connectivity index (χ0) is 13.8. The molecular weight excluding hydrogens is 236 g/mol. The number of halogens is 2. The van der Waals surface area contributed by atoms with Crippen molar-refractivity contribution in [3.05, 3.63) is 35.4 Å². The van der Waals surface area contributed by atoms with Gasteiger partial charge in [-0.25, -0.2) is 8.78 Å². The molecular formula is C14H19F2NO. The van der Waals surface area contributed by atoms with Crippen molar-refractivity contribution in [2.75, 3.05) is 0 Å². The summed E-state index contributed by atoms with van der Waals surface area (Å²) in [5.74, 6) is -1.86. The van der Waals surface area contributed by atoms with Crippen molar-refractivity contribution in [2.45, 2.75) is 45.6 Å². The molecule has 2 nitrogen and oxygen atoms in total. The number of carbonyl (C=O) groups is 1. The van der Waals surface area contributed by atoms with Gasteiger partial charge in [-0.1, -0.05) is 19.4 Å². The lowest BCUT2D eigenvalue weighted by atomic mass is 9.94. The van der Waals surface area contributed by atoms with E-state index in [-0.39, 0.29) is 5.91 Å². The minimum atomic E-state index is -0.900. The molecule has 0 unspecified atom stereocenters. The summed E-state index contributed by atoms with van der Waals surface area (Å²) in [4.78, 5) is 11.7. The zero-order valence-corrected chi connectivity index (χ0v) is 11.0. The average molecular weight is 255 g/mol. The number of unbranched alkanes of at least 4 members (excludes halogenated alkanes) is 1. The first-order chi connectivity index (χ1) is 8.36. The molecule has 1 aromatic carbocycles. The summed E-state index contributed by atoms with van der Waals surface area (Å²) in [7, 11) is 0. The quantitative estimate of drug-likeness (QED) is 0.857. The molecule has 1 aromatic rings. The number of hydrogen-bond donors (Lipinski definition) is 1. The first-order valence-electron chi connectivity index (χ1n) is 6.13. The second kappa shape index (κ2) is 5.94. The van der Waals surface area contributed by atoms with Gasteiger partial charge in [0, 0.05) is 6.42 Å². The van der Waals surface area contributed by atoms with Crippen LogP contribution in [-0.4, -0.2) is 5.91 Å². The van der Waals surface area contributed by atoms with E-state index in [0.717, 1.165) is 25.0 Å². The van der Waals surface area contributed by atoms with E-state index in [1.54, 1.807) is 13.8 Å². The van der Waals surface area contributed by atoms with Crippen LogP contribution in [0.4, 0.5) is 8.78 Å². The number of benzene rings is 1. The lowest BCUT2D eigenvalue weighted by molar-refractivity contribution is -0.122. The highest BCUT2D eigenvalue weighted by Gasteiger charge is 2.23. The van der Waals surface area contributed by atoms with E-state index in [2.05, 4.69) is 5.32 Å². The Kier molecular flexibility index (Phi) is 4.82. The lowest BCUT2D eigenvalue weighted by Crippen LogP contribution is -2.41. The van der Waals surface area contributed by atoms with Crippen molar-refractivity contribution < 1.29 is 13.6 Å². The van der Waals surface area contributed by atoms with Crippen molar-refractivity contribution in [1.82, 2.24) is 5.32 Å². The Labute approximate surface area is 106 Å². The van der Waals surface area contributed by atoms with Gasteiger partial charge < -0.3 is 5.32 Å². The Hall–Kier alpha value is -1.45. The molecule has 4 heteroatoms. The molecule has 0 aliphatic heterocycles. The highest BCUT2D eigenvalue weighted by atomic mass is 19.2. The van der Waals surface area contributed by atoms with Gasteiger partial charge in [-0.2, -0.15) is 0 Å². The van der Waals surface area contributed by atoms with Crippen molar-refractivity contribution in [2.24, 2.45) is 0 Å². The first-order valence-corrected chi connectivity index (χ1v) is 6.13. The van der Waals surface area contributed by atoms with E-state index in [1.807, 2.05) is 6.92 Å². The third-order valence-corrected chi connectivity index (χ3v) is 2.85. The van der Waals surface area contributed by atoms with Crippen LogP contribution < -0.4 is 5.32 Å². The van der Waals surface area contributed by atoms with Crippen LogP contribution in [0.5, 0.6) is 0 Å². The fraction of sp³-hybridized carbons (Fsp3) is 0.500. The van der Waals surface area contributed by atoms with E-state index in [9.17, 15) is 13.6 Å². The molecule has 0 aromatic heterocycles. The normalized spacial score (nSPS) is 11.4. The van der Waals surface area contributed by atoms with E-state index in [4.69, 9.17) is 0 Å². The van der Waals surface area contributed by atoms with Crippen LogP contribution in [0.3, 0.4) is 0 Å². The number of hydrogen-bond acceptors (Lipinski definition) is 1. The van der Waals surface area contributed by atoms with Gasteiger partial charge in [0.1, 0.15) is 0 Å². The molecule has 0 aliphatic carbocycles. The minimum absolute atomic E-state index is 0.0772.